The van der Waals surface area contributed by atoms with Crippen molar-refractivity contribution in [1.29, 1.82) is 0 Å². The number of rotatable bonds is 6. The van der Waals surface area contributed by atoms with Crippen LogP contribution in [-0.2, 0) is 11.8 Å². The van der Waals surface area contributed by atoms with Crippen LogP contribution in [0.2, 0.25) is 5.02 Å². The Bertz CT molecular complexity index is 941. The Hall–Kier alpha value is -2.86. The van der Waals surface area contributed by atoms with Crippen molar-refractivity contribution >= 4 is 17.5 Å². The normalized spacial score (nSPS) is 11.9. The molecule has 0 unspecified atom stereocenters. The molecule has 27 heavy (non-hydrogen) atoms. The van der Waals surface area contributed by atoms with Crippen molar-refractivity contribution in [3.8, 4) is 5.75 Å². The molecule has 0 aliphatic heterocycles. The molecule has 1 heterocycles. The first kappa shape index (κ1) is 18.9. The largest absolute Gasteiger partial charge is 0.484 e. The second kappa shape index (κ2) is 8.22. The quantitative estimate of drug-likeness (QED) is 0.699. The van der Waals surface area contributed by atoms with Gasteiger partial charge in [0.05, 0.1) is 0 Å². The van der Waals surface area contributed by atoms with Gasteiger partial charge in [-0.2, -0.15) is 0 Å². The average Bonchev–Trinajstić information content (AvgIpc) is 3.07. The average molecular weight is 388 g/mol. The van der Waals surface area contributed by atoms with Crippen LogP contribution in [-0.4, -0.2) is 22.1 Å². The molecule has 0 spiro atoms. The van der Waals surface area contributed by atoms with Crippen LogP contribution in [0, 0.1) is 12.7 Å². The molecule has 0 bridgehead atoms. The van der Waals surface area contributed by atoms with Gasteiger partial charge in [0, 0.05) is 24.5 Å². The summed E-state index contributed by atoms with van der Waals surface area (Å²) in [5.74, 6) is 0.532. The summed E-state index contributed by atoms with van der Waals surface area (Å²) in [6.07, 6.45) is 3.43. The van der Waals surface area contributed by atoms with E-state index in [1.807, 2.05) is 14.0 Å². The first-order valence-electron chi connectivity index (χ1n) is 8.35. The summed E-state index contributed by atoms with van der Waals surface area (Å²) in [6.45, 7) is 1.70. The highest BCUT2D eigenvalue weighted by Crippen LogP contribution is 2.22. The number of halogens is 2. The Kier molecular flexibility index (Phi) is 5.76. The first-order valence-corrected chi connectivity index (χ1v) is 8.73. The van der Waals surface area contributed by atoms with Gasteiger partial charge < -0.3 is 14.6 Å². The van der Waals surface area contributed by atoms with E-state index < -0.39 is 6.04 Å². The highest BCUT2D eigenvalue weighted by atomic mass is 35.5. The van der Waals surface area contributed by atoms with E-state index in [1.165, 1.54) is 12.1 Å². The van der Waals surface area contributed by atoms with Crippen LogP contribution in [0.4, 0.5) is 4.39 Å². The highest BCUT2D eigenvalue weighted by Gasteiger charge is 2.21. The topological polar surface area (TPSA) is 56.1 Å². The number of nitrogens with one attached hydrogen (secondary N) is 1. The molecule has 7 heteroatoms. The van der Waals surface area contributed by atoms with Gasteiger partial charge in [0.25, 0.3) is 5.91 Å². The third-order valence-corrected chi connectivity index (χ3v) is 4.55. The highest BCUT2D eigenvalue weighted by molar-refractivity contribution is 6.31. The molecule has 0 aliphatic carbocycles. The van der Waals surface area contributed by atoms with Crippen molar-refractivity contribution in [3.05, 3.63) is 82.6 Å². The number of hydrogen-bond donors (Lipinski definition) is 1. The van der Waals surface area contributed by atoms with Gasteiger partial charge in [-0.05, 0) is 48.4 Å². The smallest absolute Gasteiger partial charge is 0.258 e. The van der Waals surface area contributed by atoms with Crippen LogP contribution in [0.25, 0.3) is 0 Å². The fraction of sp³-hybridized carbons (Fsp3) is 0.200. The van der Waals surface area contributed by atoms with Crippen molar-refractivity contribution in [2.45, 2.75) is 13.0 Å². The Morgan fingerprint density at radius 2 is 2.04 bits per heavy atom. The van der Waals surface area contributed by atoms with Crippen molar-refractivity contribution in [2.75, 3.05) is 6.61 Å². The van der Waals surface area contributed by atoms with E-state index in [-0.39, 0.29) is 18.3 Å². The molecule has 2 aromatic carbocycles. The standard InChI is InChI=1S/C20H19ClFN3O2/c1-13-11-16(7-8-17(13)21)27-12-18(26)24-19(20-23-9-10-25(20)2)14-3-5-15(22)6-4-14/h3-11,19H,12H2,1-2H3,(H,24,26)/t19-/m1/s1. The molecular formula is C20H19ClFN3O2. The second-order valence-corrected chi connectivity index (χ2v) is 6.56. The van der Waals surface area contributed by atoms with E-state index in [0.29, 0.717) is 16.6 Å². The lowest BCUT2D eigenvalue weighted by molar-refractivity contribution is -0.123. The minimum Gasteiger partial charge on any atom is -0.484 e. The van der Waals surface area contributed by atoms with Crippen LogP contribution in [0.15, 0.2) is 54.9 Å². The van der Waals surface area contributed by atoms with Gasteiger partial charge in [-0.3, -0.25) is 4.79 Å². The summed E-state index contributed by atoms with van der Waals surface area (Å²) in [4.78, 5) is 16.8. The lowest BCUT2D eigenvalue weighted by Crippen LogP contribution is -2.34. The van der Waals surface area contributed by atoms with Gasteiger partial charge in [-0.1, -0.05) is 23.7 Å². The summed E-state index contributed by atoms with van der Waals surface area (Å²) in [5.41, 5.74) is 1.59. The predicted octanol–water partition coefficient (Wildman–Crippen LogP) is 3.81. The summed E-state index contributed by atoms with van der Waals surface area (Å²) < 4.78 is 20.6. The first-order chi connectivity index (χ1) is 12.9. The fourth-order valence-corrected chi connectivity index (χ4v) is 2.78. The minimum absolute atomic E-state index is 0.164. The molecule has 3 rings (SSSR count). The molecule has 0 aliphatic rings. The maximum absolute atomic E-state index is 13.3. The Balaban J connectivity index is 1.73. The number of carbonyl (C=O) groups excluding carboxylic acids is 1. The van der Waals surface area contributed by atoms with Crippen LogP contribution >= 0.6 is 11.6 Å². The van der Waals surface area contributed by atoms with E-state index in [9.17, 15) is 9.18 Å². The van der Waals surface area contributed by atoms with Gasteiger partial charge in [0.1, 0.15) is 23.4 Å². The maximum atomic E-state index is 13.3. The number of aryl methyl sites for hydroxylation is 2. The fourth-order valence-electron chi connectivity index (χ4n) is 2.67. The number of carbonyl (C=O) groups is 1. The number of hydrogen-bond acceptors (Lipinski definition) is 3. The van der Waals surface area contributed by atoms with Crippen molar-refractivity contribution in [3.63, 3.8) is 0 Å². The second-order valence-electron chi connectivity index (χ2n) is 6.15. The Labute approximate surface area is 161 Å². The molecule has 1 aromatic heterocycles. The number of aromatic nitrogens is 2. The molecule has 3 aromatic rings. The third-order valence-electron chi connectivity index (χ3n) is 4.12. The maximum Gasteiger partial charge on any atom is 0.258 e. The van der Waals surface area contributed by atoms with E-state index in [2.05, 4.69) is 10.3 Å². The zero-order valence-corrected chi connectivity index (χ0v) is 15.7. The van der Waals surface area contributed by atoms with Crippen molar-refractivity contribution in [1.82, 2.24) is 14.9 Å². The number of imidazole rings is 1. The number of ether oxygens (including phenoxy) is 1. The Morgan fingerprint density at radius 3 is 2.67 bits per heavy atom. The molecule has 5 nitrogen and oxygen atoms in total. The van der Waals surface area contributed by atoms with E-state index in [1.54, 1.807) is 47.3 Å². The molecule has 1 atom stereocenters. The number of amides is 1. The van der Waals surface area contributed by atoms with Crippen LogP contribution < -0.4 is 10.1 Å². The third kappa shape index (κ3) is 4.65. The molecule has 1 N–H and O–H groups in total. The van der Waals surface area contributed by atoms with Gasteiger partial charge in [0.2, 0.25) is 0 Å². The van der Waals surface area contributed by atoms with E-state index in [4.69, 9.17) is 16.3 Å². The summed E-state index contributed by atoms with van der Waals surface area (Å²) >= 11 is 5.99. The molecule has 0 saturated carbocycles. The summed E-state index contributed by atoms with van der Waals surface area (Å²) in [6, 6.07) is 10.6. The zero-order chi connectivity index (χ0) is 19.4. The lowest BCUT2D eigenvalue weighted by atomic mass is 10.1. The van der Waals surface area contributed by atoms with Crippen molar-refractivity contribution in [2.24, 2.45) is 7.05 Å². The molecule has 1 amide bonds. The molecular weight excluding hydrogens is 369 g/mol. The van der Waals surface area contributed by atoms with Crippen LogP contribution in [0.5, 0.6) is 5.75 Å². The van der Waals surface area contributed by atoms with Crippen LogP contribution in [0.1, 0.15) is 23.0 Å². The van der Waals surface area contributed by atoms with E-state index in [0.717, 1.165) is 11.1 Å². The minimum atomic E-state index is -0.520. The van der Waals surface area contributed by atoms with Crippen molar-refractivity contribution < 1.29 is 13.9 Å². The van der Waals surface area contributed by atoms with Gasteiger partial charge in [0.15, 0.2) is 6.61 Å². The molecule has 0 fully saturated rings. The molecule has 0 saturated heterocycles. The zero-order valence-electron chi connectivity index (χ0n) is 14.9. The van der Waals surface area contributed by atoms with Gasteiger partial charge in [-0.15, -0.1) is 0 Å². The predicted molar refractivity (Wildman–Crippen MR) is 101 cm³/mol. The molecule has 0 radical (unpaired) electrons. The molecule has 140 valence electrons. The number of benzene rings is 2. The summed E-state index contributed by atoms with van der Waals surface area (Å²) in [5, 5.41) is 3.53. The SMILES string of the molecule is Cc1cc(OCC(=O)N[C@H](c2ccc(F)cc2)c2nccn2C)ccc1Cl. The van der Waals surface area contributed by atoms with Crippen LogP contribution in [0.3, 0.4) is 0 Å². The number of nitrogens with zero attached hydrogens (tertiary/aromatic N) is 2. The summed E-state index contributed by atoms with van der Waals surface area (Å²) in [7, 11) is 1.83. The van der Waals surface area contributed by atoms with Gasteiger partial charge >= 0.3 is 0 Å². The van der Waals surface area contributed by atoms with Gasteiger partial charge in [-0.25, -0.2) is 9.37 Å². The van der Waals surface area contributed by atoms with E-state index >= 15 is 0 Å². The Morgan fingerprint density at radius 1 is 1.30 bits per heavy atom. The monoisotopic (exact) mass is 387 g/mol. The lowest BCUT2D eigenvalue weighted by Gasteiger charge is -2.19.